The number of primary amides is 1. The van der Waals surface area contributed by atoms with E-state index in [1.807, 2.05) is 19.1 Å². The highest BCUT2D eigenvalue weighted by Crippen LogP contribution is 2.21. The summed E-state index contributed by atoms with van der Waals surface area (Å²) in [6.45, 7) is 4.63. The SMILES string of the molecule is COC[C@H]1CCCN1Cc1ccc(C)c(C(N)=O)c1. The number of nitrogens with zero attached hydrogens (tertiary/aromatic N) is 1. The molecule has 2 rings (SSSR count). The van der Waals surface area contributed by atoms with Gasteiger partial charge in [0.15, 0.2) is 0 Å². The molecule has 0 aliphatic carbocycles. The van der Waals surface area contributed by atoms with E-state index in [1.165, 1.54) is 12.8 Å². The Morgan fingerprint density at radius 1 is 1.53 bits per heavy atom. The molecule has 4 heteroatoms. The van der Waals surface area contributed by atoms with Crippen LogP contribution in [0.2, 0.25) is 0 Å². The molecule has 0 radical (unpaired) electrons. The molecule has 0 unspecified atom stereocenters. The minimum Gasteiger partial charge on any atom is -0.383 e. The minimum atomic E-state index is -0.353. The minimum absolute atomic E-state index is 0.353. The van der Waals surface area contributed by atoms with Crippen molar-refractivity contribution >= 4 is 5.91 Å². The van der Waals surface area contributed by atoms with E-state index in [9.17, 15) is 4.79 Å². The molecule has 19 heavy (non-hydrogen) atoms. The molecular weight excluding hydrogens is 240 g/mol. The van der Waals surface area contributed by atoms with Gasteiger partial charge in [0, 0.05) is 25.3 Å². The van der Waals surface area contributed by atoms with Crippen LogP contribution in [0.15, 0.2) is 18.2 Å². The van der Waals surface area contributed by atoms with Crippen molar-refractivity contribution in [3.05, 3.63) is 34.9 Å². The normalized spacial score (nSPS) is 19.8. The summed E-state index contributed by atoms with van der Waals surface area (Å²) in [5.41, 5.74) is 8.10. The first-order valence-electron chi connectivity index (χ1n) is 6.74. The Balaban J connectivity index is 2.10. The van der Waals surface area contributed by atoms with E-state index >= 15 is 0 Å². The molecule has 1 atom stereocenters. The van der Waals surface area contributed by atoms with Gasteiger partial charge in [-0.05, 0) is 43.5 Å². The zero-order chi connectivity index (χ0) is 13.8. The molecule has 104 valence electrons. The number of carbonyl (C=O) groups is 1. The van der Waals surface area contributed by atoms with Crippen LogP contribution in [0.3, 0.4) is 0 Å². The third kappa shape index (κ3) is 3.33. The van der Waals surface area contributed by atoms with E-state index in [0.29, 0.717) is 11.6 Å². The Hall–Kier alpha value is -1.39. The van der Waals surface area contributed by atoms with Gasteiger partial charge in [0.1, 0.15) is 0 Å². The van der Waals surface area contributed by atoms with Gasteiger partial charge in [-0.25, -0.2) is 0 Å². The molecule has 1 amide bonds. The molecule has 1 heterocycles. The van der Waals surface area contributed by atoms with Crippen LogP contribution in [0.25, 0.3) is 0 Å². The van der Waals surface area contributed by atoms with Crippen LogP contribution >= 0.6 is 0 Å². The van der Waals surface area contributed by atoms with Gasteiger partial charge in [-0.1, -0.05) is 12.1 Å². The number of rotatable bonds is 5. The van der Waals surface area contributed by atoms with Crippen LogP contribution in [0, 0.1) is 6.92 Å². The predicted octanol–water partition coefficient (Wildman–Crippen LogP) is 1.70. The van der Waals surface area contributed by atoms with Gasteiger partial charge in [0.2, 0.25) is 5.91 Å². The fraction of sp³-hybridized carbons (Fsp3) is 0.533. The molecular formula is C15H22N2O2. The number of methoxy groups -OCH3 is 1. The molecule has 0 spiro atoms. The molecule has 1 aliphatic heterocycles. The number of carbonyl (C=O) groups excluding carboxylic acids is 1. The fourth-order valence-corrected chi connectivity index (χ4v) is 2.75. The molecule has 0 saturated carbocycles. The van der Waals surface area contributed by atoms with E-state index in [2.05, 4.69) is 11.0 Å². The van der Waals surface area contributed by atoms with Crippen molar-refractivity contribution in [3.8, 4) is 0 Å². The van der Waals surface area contributed by atoms with Crippen molar-refractivity contribution in [2.24, 2.45) is 5.73 Å². The molecule has 0 aromatic heterocycles. The molecule has 2 N–H and O–H groups in total. The van der Waals surface area contributed by atoms with Crippen LogP contribution in [-0.2, 0) is 11.3 Å². The van der Waals surface area contributed by atoms with Crippen LogP contribution < -0.4 is 5.73 Å². The quantitative estimate of drug-likeness (QED) is 0.878. The van der Waals surface area contributed by atoms with E-state index in [-0.39, 0.29) is 5.91 Å². The lowest BCUT2D eigenvalue weighted by Crippen LogP contribution is -2.32. The highest BCUT2D eigenvalue weighted by molar-refractivity contribution is 5.94. The zero-order valence-corrected chi connectivity index (χ0v) is 11.7. The number of aryl methyl sites for hydroxylation is 1. The van der Waals surface area contributed by atoms with Crippen LogP contribution in [-0.4, -0.2) is 37.1 Å². The maximum Gasteiger partial charge on any atom is 0.248 e. The number of hydrogen-bond acceptors (Lipinski definition) is 3. The lowest BCUT2D eigenvalue weighted by molar-refractivity contribution is 0.0999. The summed E-state index contributed by atoms with van der Waals surface area (Å²) in [5.74, 6) is -0.353. The highest BCUT2D eigenvalue weighted by atomic mass is 16.5. The Bertz CT molecular complexity index is 459. The van der Waals surface area contributed by atoms with Crippen molar-refractivity contribution in [2.45, 2.75) is 32.4 Å². The Kier molecular flexibility index (Phi) is 4.56. The highest BCUT2D eigenvalue weighted by Gasteiger charge is 2.24. The second-order valence-corrected chi connectivity index (χ2v) is 5.24. The lowest BCUT2D eigenvalue weighted by atomic mass is 10.0. The van der Waals surface area contributed by atoms with Crippen molar-refractivity contribution < 1.29 is 9.53 Å². The van der Waals surface area contributed by atoms with Gasteiger partial charge >= 0.3 is 0 Å². The summed E-state index contributed by atoms with van der Waals surface area (Å²) in [6, 6.07) is 6.45. The largest absolute Gasteiger partial charge is 0.383 e. The summed E-state index contributed by atoms with van der Waals surface area (Å²) in [4.78, 5) is 13.8. The van der Waals surface area contributed by atoms with Crippen LogP contribution in [0.5, 0.6) is 0 Å². The van der Waals surface area contributed by atoms with Crippen LogP contribution in [0.1, 0.15) is 34.3 Å². The standard InChI is InChI=1S/C15H22N2O2/c1-11-5-6-12(8-14(11)15(16)18)9-17-7-3-4-13(17)10-19-2/h5-6,8,13H,3-4,7,9-10H2,1-2H3,(H2,16,18)/t13-/m1/s1. The first kappa shape index (κ1) is 14.0. The summed E-state index contributed by atoms with van der Waals surface area (Å²) in [6.07, 6.45) is 2.39. The number of hydrogen-bond donors (Lipinski definition) is 1. The summed E-state index contributed by atoms with van der Waals surface area (Å²) < 4.78 is 5.26. The molecule has 1 saturated heterocycles. The van der Waals surface area contributed by atoms with Crippen LogP contribution in [0.4, 0.5) is 0 Å². The number of benzene rings is 1. The van der Waals surface area contributed by atoms with E-state index in [0.717, 1.165) is 30.8 Å². The van der Waals surface area contributed by atoms with Crippen molar-refractivity contribution in [1.82, 2.24) is 4.90 Å². The molecule has 1 fully saturated rings. The second kappa shape index (κ2) is 6.17. The first-order valence-corrected chi connectivity index (χ1v) is 6.74. The summed E-state index contributed by atoms with van der Waals surface area (Å²) in [5, 5.41) is 0. The molecule has 0 bridgehead atoms. The van der Waals surface area contributed by atoms with E-state index < -0.39 is 0 Å². The smallest absolute Gasteiger partial charge is 0.248 e. The molecule has 1 aromatic carbocycles. The first-order chi connectivity index (χ1) is 9.11. The maximum atomic E-state index is 11.4. The summed E-state index contributed by atoms with van der Waals surface area (Å²) in [7, 11) is 1.74. The van der Waals surface area contributed by atoms with E-state index in [1.54, 1.807) is 7.11 Å². The number of likely N-dealkylation sites (tertiary alicyclic amines) is 1. The Morgan fingerprint density at radius 2 is 2.32 bits per heavy atom. The lowest BCUT2D eigenvalue weighted by Gasteiger charge is -2.24. The third-order valence-electron chi connectivity index (χ3n) is 3.81. The van der Waals surface area contributed by atoms with Gasteiger partial charge in [-0.2, -0.15) is 0 Å². The number of nitrogens with two attached hydrogens (primary N) is 1. The zero-order valence-electron chi connectivity index (χ0n) is 11.7. The van der Waals surface area contributed by atoms with Gasteiger partial charge in [-0.15, -0.1) is 0 Å². The molecule has 1 aromatic rings. The van der Waals surface area contributed by atoms with Crippen molar-refractivity contribution in [3.63, 3.8) is 0 Å². The van der Waals surface area contributed by atoms with Gasteiger partial charge in [-0.3, -0.25) is 9.69 Å². The maximum absolute atomic E-state index is 11.4. The molecule has 1 aliphatic rings. The van der Waals surface area contributed by atoms with E-state index in [4.69, 9.17) is 10.5 Å². The predicted molar refractivity (Wildman–Crippen MR) is 75.0 cm³/mol. The fourth-order valence-electron chi connectivity index (χ4n) is 2.75. The van der Waals surface area contributed by atoms with Crippen molar-refractivity contribution in [2.75, 3.05) is 20.3 Å². The average Bonchev–Trinajstić information content (AvgIpc) is 2.79. The van der Waals surface area contributed by atoms with Gasteiger partial charge in [0.05, 0.1) is 6.61 Å². The van der Waals surface area contributed by atoms with Crippen molar-refractivity contribution in [1.29, 1.82) is 0 Å². The molecule has 4 nitrogen and oxygen atoms in total. The second-order valence-electron chi connectivity index (χ2n) is 5.24. The average molecular weight is 262 g/mol. The number of amides is 1. The van der Waals surface area contributed by atoms with Gasteiger partial charge < -0.3 is 10.5 Å². The topological polar surface area (TPSA) is 55.6 Å². The number of ether oxygens (including phenoxy) is 1. The third-order valence-corrected chi connectivity index (χ3v) is 3.81. The monoisotopic (exact) mass is 262 g/mol. The van der Waals surface area contributed by atoms with Gasteiger partial charge in [0.25, 0.3) is 0 Å². The Labute approximate surface area is 114 Å². The Morgan fingerprint density at radius 3 is 3.00 bits per heavy atom. The summed E-state index contributed by atoms with van der Waals surface area (Å²) >= 11 is 0.